The first-order valence-corrected chi connectivity index (χ1v) is 7.50. The fourth-order valence-corrected chi connectivity index (χ4v) is 3.16. The molecule has 1 aliphatic rings. The Morgan fingerprint density at radius 2 is 2.45 bits per heavy atom. The van der Waals surface area contributed by atoms with Crippen LogP contribution in [0.3, 0.4) is 0 Å². The molecule has 0 saturated heterocycles. The first kappa shape index (κ1) is 15.1. The fourth-order valence-electron chi connectivity index (χ4n) is 2.11. The Morgan fingerprint density at radius 3 is 3.15 bits per heavy atom. The van der Waals surface area contributed by atoms with Gasteiger partial charge in [-0.1, -0.05) is 11.8 Å². The lowest BCUT2D eigenvalue weighted by Crippen LogP contribution is -2.44. The third-order valence-electron chi connectivity index (χ3n) is 3.17. The smallest absolute Gasteiger partial charge is 0.257 e. The Hall–Kier alpha value is -1.34. The van der Waals surface area contributed by atoms with Crippen molar-refractivity contribution in [3.63, 3.8) is 0 Å². The molecule has 1 aromatic rings. The van der Waals surface area contributed by atoms with Gasteiger partial charge in [-0.3, -0.25) is 14.2 Å². The molecule has 110 valence electrons. The van der Waals surface area contributed by atoms with Gasteiger partial charge in [0.05, 0.1) is 12.5 Å². The van der Waals surface area contributed by atoms with Crippen LogP contribution in [0.1, 0.15) is 12.5 Å². The predicted molar refractivity (Wildman–Crippen MR) is 76.9 cm³/mol. The third kappa shape index (κ3) is 3.21. The van der Waals surface area contributed by atoms with Crippen molar-refractivity contribution in [2.45, 2.75) is 31.6 Å². The van der Waals surface area contributed by atoms with Crippen molar-refractivity contribution < 1.29 is 9.53 Å². The summed E-state index contributed by atoms with van der Waals surface area (Å²) in [6.07, 6.45) is 1.59. The summed E-state index contributed by atoms with van der Waals surface area (Å²) in [7, 11) is 1.60. The Bertz CT molecular complexity index is 558. The van der Waals surface area contributed by atoms with Gasteiger partial charge < -0.3 is 10.1 Å². The maximum atomic E-state index is 12.2. The number of amides is 1. The molecular formula is C13H19N3O3S. The minimum Gasteiger partial charge on any atom is -0.383 e. The van der Waals surface area contributed by atoms with Crippen LogP contribution in [0.25, 0.3) is 0 Å². The number of carbonyl (C=O) groups is 1. The number of aromatic nitrogens is 2. The van der Waals surface area contributed by atoms with Crippen molar-refractivity contribution >= 4 is 17.7 Å². The molecule has 6 nitrogen and oxygen atoms in total. The summed E-state index contributed by atoms with van der Waals surface area (Å²) < 4.78 is 6.59. The molecule has 0 aliphatic carbocycles. The van der Waals surface area contributed by atoms with Gasteiger partial charge >= 0.3 is 0 Å². The van der Waals surface area contributed by atoms with Crippen molar-refractivity contribution in [1.82, 2.24) is 14.9 Å². The number of hydrogen-bond donors (Lipinski definition) is 1. The summed E-state index contributed by atoms with van der Waals surface area (Å²) in [6.45, 7) is 4.49. The van der Waals surface area contributed by atoms with Crippen molar-refractivity contribution in [2.24, 2.45) is 5.92 Å². The van der Waals surface area contributed by atoms with E-state index in [1.54, 1.807) is 24.8 Å². The van der Waals surface area contributed by atoms with E-state index in [1.165, 1.54) is 11.8 Å². The van der Waals surface area contributed by atoms with Crippen LogP contribution in [0.2, 0.25) is 0 Å². The quantitative estimate of drug-likeness (QED) is 0.816. The molecule has 0 saturated carbocycles. The van der Waals surface area contributed by atoms with Gasteiger partial charge in [0.25, 0.3) is 5.56 Å². The van der Waals surface area contributed by atoms with E-state index in [-0.39, 0.29) is 23.4 Å². The van der Waals surface area contributed by atoms with Gasteiger partial charge in [-0.25, -0.2) is 4.98 Å². The van der Waals surface area contributed by atoms with Crippen LogP contribution in [0.15, 0.2) is 16.1 Å². The molecule has 1 amide bonds. The molecule has 0 bridgehead atoms. The molecule has 20 heavy (non-hydrogen) atoms. The van der Waals surface area contributed by atoms with E-state index in [2.05, 4.69) is 10.3 Å². The van der Waals surface area contributed by atoms with E-state index >= 15 is 0 Å². The van der Waals surface area contributed by atoms with Gasteiger partial charge in [-0.05, 0) is 13.8 Å². The van der Waals surface area contributed by atoms with Gasteiger partial charge in [0.1, 0.15) is 0 Å². The van der Waals surface area contributed by atoms with E-state index in [0.29, 0.717) is 29.6 Å². The molecular weight excluding hydrogens is 278 g/mol. The van der Waals surface area contributed by atoms with Crippen LogP contribution in [0.5, 0.6) is 0 Å². The van der Waals surface area contributed by atoms with Crippen LogP contribution in [0.4, 0.5) is 0 Å². The van der Waals surface area contributed by atoms with Gasteiger partial charge in [-0.2, -0.15) is 0 Å². The van der Waals surface area contributed by atoms with Crippen molar-refractivity contribution in [2.75, 3.05) is 19.5 Å². The van der Waals surface area contributed by atoms with E-state index in [1.807, 2.05) is 6.92 Å². The molecule has 0 radical (unpaired) electrons. The minimum atomic E-state index is -0.215. The fraction of sp³-hybridized carbons (Fsp3) is 0.615. The van der Waals surface area contributed by atoms with Crippen LogP contribution < -0.4 is 10.9 Å². The molecule has 0 aromatic carbocycles. The largest absolute Gasteiger partial charge is 0.383 e. The number of rotatable bonds is 4. The highest BCUT2D eigenvalue weighted by molar-refractivity contribution is 7.99. The summed E-state index contributed by atoms with van der Waals surface area (Å²) in [4.78, 5) is 28.5. The number of thioether (sulfide) groups is 1. The normalized spacial score (nSPS) is 19.2. The number of fused-ring (bicyclic) bond motifs is 1. The SMILES string of the molecule is COCC(C)NC(=O)C1CSc2ncc(C)c(=O)n2C1. The van der Waals surface area contributed by atoms with Gasteiger partial charge in [-0.15, -0.1) is 0 Å². The summed E-state index contributed by atoms with van der Waals surface area (Å²) in [6, 6.07) is -0.0359. The van der Waals surface area contributed by atoms with Crippen LogP contribution >= 0.6 is 11.8 Å². The number of nitrogens with zero attached hydrogens (tertiary/aromatic N) is 2. The molecule has 0 fully saturated rings. The summed E-state index contributed by atoms with van der Waals surface area (Å²) >= 11 is 1.45. The number of carbonyl (C=O) groups excluding carboxylic acids is 1. The highest BCUT2D eigenvalue weighted by Crippen LogP contribution is 2.24. The lowest BCUT2D eigenvalue weighted by Gasteiger charge is -2.25. The average molecular weight is 297 g/mol. The molecule has 1 aliphatic heterocycles. The van der Waals surface area contributed by atoms with Crippen LogP contribution in [0, 0.1) is 12.8 Å². The maximum absolute atomic E-state index is 12.2. The lowest BCUT2D eigenvalue weighted by molar-refractivity contribution is -0.125. The zero-order valence-corrected chi connectivity index (χ0v) is 12.7. The minimum absolute atomic E-state index is 0.0359. The van der Waals surface area contributed by atoms with Crippen molar-refractivity contribution in [3.8, 4) is 0 Å². The Morgan fingerprint density at radius 1 is 1.70 bits per heavy atom. The number of aryl methyl sites for hydroxylation is 1. The zero-order chi connectivity index (χ0) is 14.7. The molecule has 2 unspecified atom stereocenters. The summed E-state index contributed by atoms with van der Waals surface area (Å²) in [5.41, 5.74) is 0.535. The van der Waals surface area contributed by atoms with E-state index in [4.69, 9.17) is 4.74 Å². The Balaban J connectivity index is 2.09. The Kier molecular flexibility index (Phi) is 4.82. The van der Waals surface area contributed by atoms with Crippen molar-refractivity contribution in [1.29, 1.82) is 0 Å². The topological polar surface area (TPSA) is 73.2 Å². The monoisotopic (exact) mass is 297 g/mol. The lowest BCUT2D eigenvalue weighted by atomic mass is 10.1. The third-order valence-corrected chi connectivity index (χ3v) is 4.33. The second-order valence-electron chi connectivity index (χ2n) is 5.01. The van der Waals surface area contributed by atoms with Gasteiger partial charge in [0.15, 0.2) is 5.16 Å². The van der Waals surface area contributed by atoms with Crippen LogP contribution in [-0.2, 0) is 16.1 Å². The van der Waals surface area contributed by atoms with E-state index in [0.717, 1.165) is 0 Å². The van der Waals surface area contributed by atoms with Gasteiger partial charge in [0.2, 0.25) is 5.91 Å². The van der Waals surface area contributed by atoms with E-state index < -0.39 is 0 Å². The highest BCUT2D eigenvalue weighted by Gasteiger charge is 2.27. The molecule has 2 atom stereocenters. The maximum Gasteiger partial charge on any atom is 0.257 e. The first-order valence-electron chi connectivity index (χ1n) is 6.51. The summed E-state index contributed by atoms with van der Waals surface area (Å²) in [5, 5.41) is 3.59. The first-order chi connectivity index (χ1) is 9.52. The zero-order valence-electron chi connectivity index (χ0n) is 11.9. The Labute approximate surface area is 121 Å². The van der Waals surface area contributed by atoms with Gasteiger partial charge in [0, 0.05) is 37.2 Å². The average Bonchev–Trinajstić information content (AvgIpc) is 2.43. The molecule has 2 rings (SSSR count). The molecule has 0 spiro atoms. The molecule has 7 heteroatoms. The second-order valence-corrected chi connectivity index (χ2v) is 6.00. The second kappa shape index (κ2) is 6.41. The van der Waals surface area contributed by atoms with Crippen LogP contribution in [-0.4, -0.2) is 41.0 Å². The molecule has 2 heterocycles. The number of hydrogen-bond acceptors (Lipinski definition) is 5. The highest BCUT2D eigenvalue weighted by atomic mass is 32.2. The van der Waals surface area contributed by atoms with Crippen molar-refractivity contribution in [3.05, 3.63) is 22.1 Å². The number of ether oxygens (including phenoxy) is 1. The molecule has 1 N–H and O–H groups in total. The standard InChI is InChI=1S/C13H19N3O3S/c1-8-4-14-13-16(12(8)18)5-10(7-20-13)11(17)15-9(2)6-19-3/h4,9-10H,5-7H2,1-3H3,(H,15,17). The predicted octanol–water partition coefficient (Wildman–Crippen LogP) is 0.425. The number of nitrogens with one attached hydrogen (secondary N) is 1. The summed E-state index contributed by atoms with van der Waals surface area (Å²) in [5.74, 6) is 0.385. The number of methoxy groups -OCH3 is 1. The molecule has 1 aromatic heterocycles. The van der Waals surface area contributed by atoms with E-state index in [9.17, 15) is 9.59 Å².